The Morgan fingerprint density at radius 1 is 0.949 bits per heavy atom. The van der Waals surface area contributed by atoms with Gasteiger partial charge in [-0.2, -0.15) is 0 Å². The number of benzene rings is 1. The van der Waals surface area contributed by atoms with Crippen molar-refractivity contribution < 1.29 is 9.53 Å². The maximum atomic E-state index is 13.0. The molecule has 216 valence electrons. The second-order valence-electron chi connectivity index (χ2n) is 11.2. The lowest BCUT2D eigenvalue weighted by Gasteiger charge is -2.33. The molecule has 3 rings (SSSR count). The van der Waals surface area contributed by atoms with Crippen LogP contribution in [0, 0.1) is 5.92 Å². The zero-order chi connectivity index (χ0) is 27.9. The SMILES string of the molecule is CCCCCCCC/C=C\CCCCCCCC(=O)OC1C(CC)=C(C(C)CC)Nc2nc3ccccc3n21. The summed E-state index contributed by atoms with van der Waals surface area (Å²) in [5.74, 6) is 1.00. The molecule has 0 aliphatic carbocycles. The van der Waals surface area contributed by atoms with E-state index < -0.39 is 6.23 Å². The number of hydrogen-bond donors (Lipinski definition) is 1. The number of para-hydroxylation sites is 2. The van der Waals surface area contributed by atoms with Gasteiger partial charge in [0.2, 0.25) is 12.2 Å². The Bertz CT molecular complexity index is 1070. The summed E-state index contributed by atoms with van der Waals surface area (Å²) in [7, 11) is 0. The van der Waals surface area contributed by atoms with Gasteiger partial charge in [-0.3, -0.25) is 9.36 Å². The summed E-state index contributed by atoms with van der Waals surface area (Å²) in [6.07, 6.45) is 22.9. The predicted octanol–water partition coefficient (Wildman–Crippen LogP) is 10.3. The number of allylic oxidation sites excluding steroid dienone is 3. The van der Waals surface area contributed by atoms with Crippen molar-refractivity contribution >= 4 is 23.0 Å². The van der Waals surface area contributed by atoms with Crippen LogP contribution in [-0.4, -0.2) is 15.5 Å². The Labute approximate surface area is 237 Å². The molecular formula is C34H53N3O2. The molecule has 2 unspecified atom stereocenters. The Morgan fingerprint density at radius 2 is 1.59 bits per heavy atom. The molecule has 0 fully saturated rings. The van der Waals surface area contributed by atoms with E-state index in [0.717, 1.165) is 53.9 Å². The molecule has 1 aromatic heterocycles. The van der Waals surface area contributed by atoms with Crippen molar-refractivity contribution in [2.45, 2.75) is 137 Å². The van der Waals surface area contributed by atoms with E-state index in [9.17, 15) is 4.79 Å². The van der Waals surface area contributed by atoms with Crippen LogP contribution in [0.5, 0.6) is 0 Å². The number of ether oxygens (including phenoxy) is 1. The number of aromatic nitrogens is 2. The zero-order valence-electron chi connectivity index (χ0n) is 25.1. The van der Waals surface area contributed by atoms with Crippen LogP contribution in [0.15, 0.2) is 47.7 Å². The monoisotopic (exact) mass is 535 g/mol. The predicted molar refractivity (Wildman–Crippen MR) is 165 cm³/mol. The van der Waals surface area contributed by atoms with Gasteiger partial charge in [-0.15, -0.1) is 0 Å². The van der Waals surface area contributed by atoms with Crippen LogP contribution >= 0.6 is 0 Å². The van der Waals surface area contributed by atoms with Gasteiger partial charge in [0.25, 0.3) is 0 Å². The summed E-state index contributed by atoms with van der Waals surface area (Å²) in [4.78, 5) is 17.8. The summed E-state index contributed by atoms with van der Waals surface area (Å²) in [6, 6.07) is 8.08. The quantitative estimate of drug-likeness (QED) is 0.110. The largest absolute Gasteiger partial charge is 0.437 e. The fourth-order valence-corrected chi connectivity index (χ4v) is 5.52. The lowest BCUT2D eigenvalue weighted by molar-refractivity contribution is -0.151. The molecule has 0 radical (unpaired) electrons. The van der Waals surface area contributed by atoms with Crippen molar-refractivity contribution in [3.8, 4) is 0 Å². The van der Waals surface area contributed by atoms with E-state index in [0.29, 0.717) is 12.3 Å². The van der Waals surface area contributed by atoms with E-state index in [1.54, 1.807) is 0 Å². The number of anilines is 1. The van der Waals surface area contributed by atoms with E-state index in [1.165, 1.54) is 70.6 Å². The Morgan fingerprint density at radius 3 is 2.26 bits per heavy atom. The average molecular weight is 536 g/mol. The molecule has 1 aliphatic heterocycles. The minimum absolute atomic E-state index is 0.113. The molecule has 1 aliphatic rings. The minimum atomic E-state index is -0.432. The first-order valence-corrected chi connectivity index (χ1v) is 15.9. The lowest BCUT2D eigenvalue weighted by Crippen LogP contribution is -2.29. The Hall–Kier alpha value is -2.56. The maximum Gasteiger partial charge on any atom is 0.307 e. The number of esters is 1. The molecule has 0 saturated carbocycles. The first-order chi connectivity index (χ1) is 19.1. The van der Waals surface area contributed by atoms with E-state index in [4.69, 9.17) is 9.72 Å². The van der Waals surface area contributed by atoms with Gasteiger partial charge < -0.3 is 10.1 Å². The number of fused-ring (bicyclic) bond motifs is 3. The van der Waals surface area contributed by atoms with E-state index in [1.807, 2.05) is 18.2 Å². The number of imidazole rings is 1. The molecule has 5 heteroatoms. The van der Waals surface area contributed by atoms with Gasteiger partial charge in [-0.25, -0.2) is 4.98 Å². The summed E-state index contributed by atoms with van der Waals surface area (Å²) >= 11 is 0. The second kappa shape index (κ2) is 17.2. The van der Waals surface area contributed by atoms with Gasteiger partial charge in [0.1, 0.15) is 0 Å². The third-order valence-electron chi connectivity index (χ3n) is 8.09. The number of unbranched alkanes of at least 4 members (excludes halogenated alkanes) is 11. The number of rotatable bonds is 19. The molecule has 5 nitrogen and oxygen atoms in total. The highest BCUT2D eigenvalue weighted by atomic mass is 16.6. The van der Waals surface area contributed by atoms with Crippen LogP contribution in [0.2, 0.25) is 0 Å². The normalized spacial score (nSPS) is 16.1. The van der Waals surface area contributed by atoms with E-state index in [2.05, 4.69) is 55.8 Å². The van der Waals surface area contributed by atoms with Crippen molar-refractivity contribution in [1.29, 1.82) is 0 Å². The fourth-order valence-electron chi connectivity index (χ4n) is 5.52. The molecule has 0 bridgehead atoms. The van der Waals surface area contributed by atoms with Crippen LogP contribution in [0.1, 0.15) is 137 Å². The van der Waals surface area contributed by atoms with E-state index >= 15 is 0 Å². The number of carbonyl (C=O) groups is 1. The zero-order valence-corrected chi connectivity index (χ0v) is 25.1. The van der Waals surface area contributed by atoms with Gasteiger partial charge in [0.15, 0.2) is 0 Å². The van der Waals surface area contributed by atoms with Crippen molar-refractivity contribution in [3.63, 3.8) is 0 Å². The summed E-state index contributed by atoms with van der Waals surface area (Å²) < 4.78 is 8.28. The molecule has 2 aromatic rings. The van der Waals surface area contributed by atoms with Gasteiger partial charge in [-0.05, 0) is 63.0 Å². The van der Waals surface area contributed by atoms with E-state index in [-0.39, 0.29) is 5.97 Å². The van der Waals surface area contributed by atoms with Gasteiger partial charge in [-0.1, -0.05) is 103 Å². The second-order valence-corrected chi connectivity index (χ2v) is 11.2. The third-order valence-corrected chi connectivity index (χ3v) is 8.09. The number of hydrogen-bond acceptors (Lipinski definition) is 4. The fraction of sp³-hybridized carbons (Fsp3) is 0.647. The van der Waals surface area contributed by atoms with Crippen LogP contribution in [0.3, 0.4) is 0 Å². The molecule has 0 saturated heterocycles. The molecule has 0 spiro atoms. The molecule has 2 atom stereocenters. The molecule has 2 heterocycles. The van der Waals surface area contributed by atoms with Crippen molar-refractivity contribution in [2.75, 3.05) is 5.32 Å². The highest BCUT2D eigenvalue weighted by molar-refractivity contribution is 5.80. The summed E-state index contributed by atoms with van der Waals surface area (Å²) in [5.41, 5.74) is 4.21. The van der Waals surface area contributed by atoms with Crippen molar-refractivity contribution in [1.82, 2.24) is 9.55 Å². The maximum absolute atomic E-state index is 13.0. The van der Waals surface area contributed by atoms with Crippen LogP contribution in [-0.2, 0) is 9.53 Å². The third kappa shape index (κ3) is 9.25. The highest BCUT2D eigenvalue weighted by Gasteiger charge is 2.33. The van der Waals surface area contributed by atoms with Gasteiger partial charge in [0.05, 0.1) is 11.0 Å². The Balaban J connectivity index is 1.41. The smallest absolute Gasteiger partial charge is 0.307 e. The standard InChI is InChI=1S/C34H53N3O2/c1-5-8-9-10-11-12-13-14-15-16-17-18-19-20-21-26-31(38)39-33-28(7-3)32(27(4)6-2)36-34-35-29-24-22-23-25-30(29)37(33)34/h14-15,22-25,27,33H,5-13,16-21,26H2,1-4H3,(H,35,36)/b15-14-. The molecule has 1 N–H and O–H groups in total. The average Bonchev–Trinajstić information content (AvgIpc) is 3.33. The lowest BCUT2D eigenvalue weighted by atomic mass is 9.96. The van der Waals surface area contributed by atoms with Crippen molar-refractivity contribution in [3.05, 3.63) is 47.7 Å². The van der Waals surface area contributed by atoms with Crippen molar-refractivity contribution in [2.24, 2.45) is 5.92 Å². The first kappa shape index (κ1) is 31.0. The topological polar surface area (TPSA) is 56.1 Å². The molecule has 1 aromatic carbocycles. The number of nitrogens with one attached hydrogen (secondary N) is 1. The van der Waals surface area contributed by atoms with Gasteiger partial charge in [0, 0.05) is 17.7 Å². The Kier molecular flexibility index (Phi) is 13.7. The van der Waals surface area contributed by atoms with Crippen LogP contribution < -0.4 is 5.32 Å². The van der Waals surface area contributed by atoms with Gasteiger partial charge >= 0.3 is 5.97 Å². The van der Waals surface area contributed by atoms with Crippen LogP contribution in [0.4, 0.5) is 5.95 Å². The minimum Gasteiger partial charge on any atom is -0.437 e. The van der Waals surface area contributed by atoms with Crippen LogP contribution in [0.25, 0.3) is 11.0 Å². The highest BCUT2D eigenvalue weighted by Crippen LogP contribution is 2.40. The first-order valence-electron chi connectivity index (χ1n) is 15.9. The molecule has 39 heavy (non-hydrogen) atoms. The number of carbonyl (C=O) groups excluding carboxylic acids is 1. The molecule has 0 amide bonds. The summed E-state index contributed by atoms with van der Waals surface area (Å²) in [5, 5.41) is 3.58. The summed E-state index contributed by atoms with van der Waals surface area (Å²) in [6.45, 7) is 8.83. The number of nitrogens with zero attached hydrogens (tertiary/aromatic N) is 2. The molecular weight excluding hydrogens is 482 g/mol.